The van der Waals surface area contributed by atoms with E-state index in [1.165, 1.54) is 25.0 Å². The number of hydrogen-bond acceptors (Lipinski definition) is 2. The van der Waals surface area contributed by atoms with Crippen LogP contribution in [0.4, 0.5) is 0 Å². The van der Waals surface area contributed by atoms with E-state index in [0.29, 0.717) is 0 Å². The van der Waals surface area contributed by atoms with Crippen LogP contribution in [0.25, 0.3) is 0 Å². The lowest BCUT2D eigenvalue weighted by Crippen LogP contribution is -2.23. The fourth-order valence-corrected chi connectivity index (χ4v) is 0.975. The molecule has 0 fully saturated rings. The Morgan fingerprint density at radius 3 is 2.36 bits per heavy atom. The first-order valence-electron chi connectivity index (χ1n) is 4.53. The van der Waals surface area contributed by atoms with Crippen LogP contribution in [0.2, 0.25) is 0 Å². The van der Waals surface area contributed by atoms with Crippen LogP contribution in [0.5, 0.6) is 0 Å². The van der Waals surface area contributed by atoms with Crippen LogP contribution in [-0.2, 0) is 13.6 Å². The molecule has 1 heterocycles. The largest absolute Gasteiger partial charge is 0.243 e. The molecule has 4 heteroatoms. The average Bonchev–Trinajstić information content (AvgIpc) is 2.61. The Hall–Kier alpha value is -1.81. The molecule has 74 valence electrons. The van der Waals surface area contributed by atoms with Gasteiger partial charge < -0.3 is 0 Å². The fraction of sp³-hybridized carbons (Fsp3) is 0.500. The van der Waals surface area contributed by atoms with E-state index in [2.05, 4.69) is 34.8 Å². The Kier molecular flexibility index (Phi) is 6.81. The molecule has 0 saturated carbocycles. The first-order chi connectivity index (χ1) is 6.74. The molecule has 0 atom stereocenters. The molecule has 0 aliphatic carbocycles. The van der Waals surface area contributed by atoms with Crippen LogP contribution in [0.3, 0.4) is 0 Å². The summed E-state index contributed by atoms with van der Waals surface area (Å²) in [5.74, 6) is 0. The van der Waals surface area contributed by atoms with E-state index in [0.717, 1.165) is 6.54 Å². The maximum atomic E-state index is 7.26. The van der Waals surface area contributed by atoms with Gasteiger partial charge in [0.1, 0.15) is 12.4 Å². The van der Waals surface area contributed by atoms with Crippen molar-refractivity contribution >= 4 is 0 Å². The summed E-state index contributed by atoms with van der Waals surface area (Å²) in [6.07, 6.45) is 8.82. The fourth-order valence-electron chi connectivity index (χ4n) is 0.975. The van der Waals surface area contributed by atoms with Gasteiger partial charge in [-0.1, -0.05) is 13.3 Å². The standard InChI is InChI=1S/C8H15N2.C2N2/c1-3-4-5-10-7-6-9(2)8-10;3-1-2-4/h6-8H,3-5H2,1-2H3;/q+1;. The first kappa shape index (κ1) is 12.2. The van der Waals surface area contributed by atoms with Crippen LogP contribution in [0.1, 0.15) is 19.8 Å². The van der Waals surface area contributed by atoms with Crippen LogP contribution in [0, 0.1) is 22.7 Å². The average molecular weight is 191 g/mol. The molecule has 0 unspecified atom stereocenters. The normalized spacial score (nSPS) is 8.00. The zero-order valence-corrected chi connectivity index (χ0v) is 8.64. The Bertz CT molecular complexity index is 315. The van der Waals surface area contributed by atoms with Crippen molar-refractivity contribution in [2.45, 2.75) is 26.3 Å². The molecule has 0 radical (unpaired) electrons. The maximum Gasteiger partial charge on any atom is 0.243 e. The minimum absolute atomic E-state index is 1.15. The van der Waals surface area contributed by atoms with Gasteiger partial charge in [-0.2, -0.15) is 10.5 Å². The summed E-state index contributed by atoms with van der Waals surface area (Å²) in [5, 5.41) is 14.5. The molecule has 1 aromatic heterocycles. The van der Waals surface area contributed by atoms with E-state index in [1.807, 2.05) is 7.05 Å². The van der Waals surface area contributed by atoms with Gasteiger partial charge in [0.25, 0.3) is 0 Å². The number of aryl methyl sites for hydroxylation is 2. The van der Waals surface area contributed by atoms with Crippen LogP contribution in [-0.4, -0.2) is 4.57 Å². The molecule has 1 aromatic rings. The molecule has 0 aromatic carbocycles. The van der Waals surface area contributed by atoms with Gasteiger partial charge in [0.2, 0.25) is 6.33 Å². The summed E-state index contributed by atoms with van der Waals surface area (Å²) < 4.78 is 4.28. The third-order valence-corrected chi connectivity index (χ3v) is 1.64. The van der Waals surface area contributed by atoms with Crippen molar-refractivity contribution in [1.82, 2.24) is 4.57 Å². The lowest BCUT2D eigenvalue weighted by molar-refractivity contribution is -0.671. The van der Waals surface area contributed by atoms with Gasteiger partial charge in [-0.25, -0.2) is 9.13 Å². The van der Waals surface area contributed by atoms with Gasteiger partial charge in [0.05, 0.1) is 13.6 Å². The lowest BCUT2D eigenvalue weighted by atomic mass is 10.3. The third kappa shape index (κ3) is 5.79. The third-order valence-electron chi connectivity index (χ3n) is 1.64. The molecule has 0 saturated heterocycles. The highest BCUT2D eigenvalue weighted by molar-refractivity contribution is 4.99. The second-order valence-electron chi connectivity index (χ2n) is 2.89. The van der Waals surface area contributed by atoms with Crippen molar-refractivity contribution < 1.29 is 4.57 Å². The number of hydrogen-bond donors (Lipinski definition) is 0. The quantitative estimate of drug-likeness (QED) is 0.673. The van der Waals surface area contributed by atoms with Crippen molar-refractivity contribution in [3.63, 3.8) is 0 Å². The van der Waals surface area contributed by atoms with Crippen molar-refractivity contribution in [2.75, 3.05) is 0 Å². The topological polar surface area (TPSA) is 56.4 Å². The van der Waals surface area contributed by atoms with E-state index < -0.39 is 0 Å². The van der Waals surface area contributed by atoms with Crippen molar-refractivity contribution in [1.29, 1.82) is 10.5 Å². The Morgan fingerprint density at radius 1 is 1.36 bits per heavy atom. The second kappa shape index (κ2) is 7.82. The predicted octanol–water partition coefficient (Wildman–Crippen LogP) is 1.15. The number of aromatic nitrogens is 2. The SMILES string of the molecule is CCCCn1cc[n+](C)c1.N#CC#N. The smallest absolute Gasteiger partial charge is 0.240 e. The molecule has 4 nitrogen and oxygen atoms in total. The van der Waals surface area contributed by atoms with E-state index in [4.69, 9.17) is 10.5 Å². The molecule has 0 spiro atoms. The number of imidazole rings is 1. The van der Waals surface area contributed by atoms with E-state index >= 15 is 0 Å². The van der Waals surface area contributed by atoms with E-state index in [1.54, 1.807) is 0 Å². The molecule has 0 amide bonds. The lowest BCUT2D eigenvalue weighted by Gasteiger charge is -1.90. The molecular weight excluding hydrogens is 176 g/mol. The van der Waals surface area contributed by atoms with Crippen molar-refractivity contribution in [2.24, 2.45) is 7.05 Å². The van der Waals surface area contributed by atoms with Crippen LogP contribution >= 0.6 is 0 Å². The van der Waals surface area contributed by atoms with Crippen molar-refractivity contribution in [3.05, 3.63) is 18.7 Å². The predicted molar refractivity (Wildman–Crippen MR) is 51.7 cm³/mol. The Labute approximate surface area is 84.6 Å². The van der Waals surface area contributed by atoms with E-state index in [-0.39, 0.29) is 0 Å². The molecule has 0 bridgehead atoms. The zero-order chi connectivity index (χ0) is 10.8. The summed E-state index contributed by atoms with van der Waals surface area (Å²) in [4.78, 5) is 0. The summed E-state index contributed by atoms with van der Waals surface area (Å²) >= 11 is 0. The molecule has 1 rings (SSSR count). The zero-order valence-electron chi connectivity index (χ0n) is 8.64. The van der Waals surface area contributed by atoms with Crippen molar-refractivity contribution in [3.8, 4) is 12.1 Å². The van der Waals surface area contributed by atoms with Gasteiger partial charge in [0.15, 0.2) is 12.1 Å². The highest BCUT2D eigenvalue weighted by atomic mass is 15.1. The molecule has 0 aliphatic heterocycles. The number of unbranched alkanes of at least 4 members (excludes halogenated alkanes) is 1. The van der Waals surface area contributed by atoms with Gasteiger partial charge in [0, 0.05) is 0 Å². The number of rotatable bonds is 3. The molecule has 14 heavy (non-hydrogen) atoms. The van der Waals surface area contributed by atoms with Crippen LogP contribution in [0.15, 0.2) is 18.7 Å². The van der Waals surface area contributed by atoms with Gasteiger partial charge >= 0.3 is 0 Å². The maximum absolute atomic E-state index is 7.26. The summed E-state index contributed by atoms with van der Waals surface area (Å²) in [5.41, 5.74) is 0. The second-order valence-corrected chi connectivity index (χ2v) is 2.89. The molecular formula is C10H15N4+. The van der Waals surface area contributed by atoms with Gasteiger partial charge in [-0.15, -0.1) is 0 Å². The summed E-state index contributed by atoms with van der Waals surface area (Å²) in [7, 11) is 2.04. The number of nitrogens with zero attached hydrogens (tertiary/aromatic N) is 4. The monoisotopic (exact) mass is 191 g/mol. The summed E-state index contributed by atoms with van der Waals surface area (Å²) in [6, 6.07) is 2.47. The number of nitriles is 2. The minimum Gasteiger partial charge on any atom is -0.240 e. The Balaban J connectivity index is 0.000000364. The van der Waals surface area contributed by atoms with E-state index in [9.17, 15) is 0 Å². The van der Waals surface area contributed by atoms with Crippen LogP contribution < -0.4 is 4.57 Å². The summed E-state index contributed by atoms with van der Waals surface area (Å²) in [6.45, 7) is 3.36. The highest BCUT2D eigenvalue weighted by Gasteiger charge is 1.96. The van der Waals surface area contributed by atoms with Gasteiger partial charge in [-0.05, 0) is 6.42 Å². The van der Waals surface area contributed by atoms with Gasteiger partial charge in [-0.3, -0.25) is 0 Å². The highest BCUT2D eigenvalue weighted by Crippen LogP contribution is 1.91. The molecule has 0 N–H and O–H groups in total. The minimum atomic E-state index is 1.15. The molecule has 0 aliphatic rings. The first-order valence-corrected chi connectivity index (χ1v) is 4.53. The Morgan fingerprint density at radius 2 is 2.00 bits per heavy atom.